The van der Waals surface area contributed by atoms with Gasteiger partial charge in [-0.25, -0.2) is 8.42 Å². The topological polar surface area (TPSA) is 85.4 Å². The van der Waals surface area contributed by atoms with Crippen LogP contribution in [-0.2, 0) is 10.0 Å². The number of amides is 1. The number of methoxy groups -OCH3 is 3. The monoisotopic (exact) mass is 434 g/mol. The molecule has 0 aliphatic carbocycles. The molecule has 2 aromatic rings. The van der Waals surface area contributed by atoms with Gasteiger partial charge in [-0.05, 0) is 36.8 Å². The fourth-order valence-electron chi connectivity index (χ4n) is 3.39. The van der Waals surface area contributed by atoms with Crippen LogP contribution >= 0.6 is 0 Å². The molecule has 1 saturated heterocycles. The zero-order chi connectivity index (χ0) is 21.9. The summed E-state index contributed by atoms with van der Waals surface area (Å²) in [6.07, 6.45) is 0. The molecule has 0 bridgehead atoms. The van der Waals surface area contributed by atoms with Crippen molar-refractivity contribution in [1.82, 2.24) is 9.21 Å². The number of ether oxygens (including phenoxy) is 3. The molecule has 1 amide bonds. The van der Waals surface area contributed by atoms with Crippen molar-refractivity contribution >= 4 is 15.9 Å². The van der Waals surface area contributed by atoms with Crippen LogP contribution in [-0.4, -0.2) is 71.0 Å². The number of carbonyl (C=O) groups excluding carboxylic acids is 1. The minimum absolute atomic E-state index is 0.0485. The molecular formula is C21H26N2O6S. The molecular weight excluding hydrogens is 408 g/mol. The van der Waals surface area contributed by atoms with Gasteiger partial charge in [0.15, 0.2) is 0 Å². The molecule has 0 aromatic heterocycles. The highest BCUT2D eigenvalue weighted by molar-refractivity contribution is 7.89. The van der Waals surface area contributed by atoms with Crippen molar-refractivity contribution in [3.8, 4) is 17.2 Å². The van der Waals surface area contributed by atoms with Gasteiger partial charge in [-0.3, -0.25) is 4.79 Å². The smallest absolute Gasteiger partial charge is 0.254 e. The maximum atomic E-state index is 13.2. The van der Waals surface area contributed by atoms with E-state index >= 15 is 0 Å². The summed E-state index contributed by atoms with van der Waals surface area (Å²) in [6, 6.07) is 9.96. The Balaban J connectivity index is 1.76. The van der Waals surface area contributed by atoms with Crippen LogP contribution < -0.4 is 14.2 Å². The molecule has 0 saturated carbocycles. The first-order valence-electron chi connectivity index (χ1n) is 9.48. The molecule has 2 aromatic carbocycles. The van der Waals surface area contributed by atoms with E-state index in [1.807, 2.05) is 13.0 Å². The van der Waals surface area contributed by atoms with Crippen molar-refractivity contribution in [2.75, 3.05) is 47.5 Å². The molecule has 0 atom stereocenters. The third-order valence-corrected chi connectivity index (χ3v) is 7.09. The van der Waals surface area contributed by atoms with Crippen LogP contribution in [0, 0.1) is 6.92 Å². The first kappa shape index (κ1) is 21.9. The van der Waals surface area contributed by atoms with E-state index in [-0.39, 0.29) is 29.6 Å². The predicted octanol–water partition coefficient (Wildman–Crippen LogP) is 2.17. The Hall–Kier alpha value is -2.78. The van der Waals surface area contributed by atoms with Crippen molar-refractivity contribution in [2.24, 2.45) is 0 Å². The van der Waals surface area contributed by atoms with Crippen LogP contribution in [0.15, 0.2) is 41.3 Å². The summed E-state index contributed by atoms with van der Waals surface area (Å²) in [5.41, 5.74) is 1.46. The van der Waals surface area contributed by atoms with E-state index in [9.17, 15) is 13.2 Å². The molecule has 162 valence electrons. The van der Waals surface area contributed by atoms with Gasteiger partial charge in [0, 0.05) is 37.8 Å². The standard InChI is InChI=1S/C21H26N2O6S/c1-15-5-6-16(13-19(15)29-4)21(24)22-9-11-23(12-10-22)30(25,26)20-14-17(27-2)7-8-18(20)28-3/h5-8,13-14H,9-12H2,1-4H3. The third kappa shape index (κ3) is 4.22. The van der Waals surface area contributed by atoms with Gasteiger partial charge in [-0.15, -0.1) is 0 Å². The second-order valence-electron chi connectivity index (χ2n) is 6.90. The number of piperazine rings is 1. The second kappa shape index (κ2) is 8.93. The molecule has 9 heteroatoms. The number of nitrogens with zero attached hydrogens (tertiary/aromatic N) is 2. The van der Waals surface area contributed by atoms with Crippen molar-refractivity contribution in [3.05, 3.63) is 47.5 Å². The lowest BCUT2D eigenvalue weighted by Crippen LogP contribution is -2.50. The van der Waals surface area contributed by atoms with E-state index in [0.717, 1.165) is 5.56 Å². The highest BCUT2D eigenvalue weighted by atomic mass is 32.2. The van der Waals surface area contributed by atoms with E-state index < -0.39 is 10.0 Å². The largest absolute Gasteiger partial charge is 0.497 e. The predicted molar refractivity (Wildman–Crippen MR) is 112 cm³/mol. The van der Waals surface area contributed by atoms with E-state index in [0.29, 0.717) is 30.2 Å². The van der Waals surface area contributed by atoms with Crippen LogP contribution in [0.2, 0.25) is 0 Å². The summed E-state index contributed by atoms with van der Waals surface area (Å²) in [4.78, 5) is 14.6. The SMILES string of the molecule is COc1ccc(OC)c(S(=O)(=O)N2CCN(C(=O)c3ccc(C)c(OC)c3)CC2)c1. The van der Waals surface area contributed by atoms with Gasteiger partial charge in [-0.2, -0.15) is 4.31 Å². The normalized spacial score (nSPS) is 15.0. The molecule has 30 heavy (non-hydrogen) atoms. The van der Waals surface area contributed by atoms with Crippen LogP contribution in [0.4, 0.5) is 0 Å². The molecule has 1 aliphatic heterocycles. The van der Waals surface area contributed by atoms with Gasteiger partial charge >= 0.3 is 0 Å². The van der Waals surface area contributed by atoms with Crippen molar-refractivity contribution < 1.29 is 27.4 Å². The highest BCUT2D eigenvalue weighted by Crippen LogP contribution is 2.31. The van der Waals surface area contributed by atoms with Gasteiger partial charge in [0.25, 0.3) is 5.91 Å². The Morgan fingerprint density at radius 1 is 0.867 bits per heavy atom. The summed E-state index contributed by atoms with van der Waals surface area (Å²) in [6.45, 7) is 2.87. The van der Waals surface area contributed by atoms with Gasteiger partial charge in [0.05, 0.1) is 21.3 Å². The number of carbonyl (C=O) groups is 1. The number of hydrogen-bond acceptors (Lipinski definition) is 6. The van der Waals surface area contributed by atoms with E-state index in [2.05, 4.69) is 0 Å². The van der Waals surface area contributed by atoms with Crippen molar-refractivity contribution in [3.63, 3.8) is 0 Å². The van der Waals surface area contributed by atoms with Gasteiger partial charge in [0.2, 0.25) is 10.0 Å². The first-order valence-corrected chi connectivity index (χ1v) is 10.9. The maximum Gasteiger partial charge on any atom is 0.254 e. The quantitative estimate of drug-likeness (QED) is 0.693. The average Bonchev–Trinajstić information content (AvgIpc) is 2.78. The van der Waals surface area contributed by atoms with Gasteiger partial charge in [-0.1, -0.05) is 6.07 Å². The minimum Gasteiger partial charge on any atom is -0.497 e. The molecule has 1 heterocycles. The van der Waals surface area contributed by atoms with E-state index in [1.54, 1.807) is 36.3 Å². The van der Waals surface area contributed by atoms with Crippen molar-refractivity contribution in [1.29, 1.82) is 0 Å². The maximum absolute atomic E-state index is 13.2. The lowest BCUT2D eigenvalue weighted by molar-refractivity contribution is 0.0697. The summed E-state index contributed by atoms with van der Waals surface area (Å²) in [5.74, 6) is 1.18. The molecule has 0 unspecified atom stereocenters. The van der Waals surface area contributed by atoms with Crippen molar-refractivity contribution in [2.45, 2.75) is 11.8 Å². The Labute approximate surface area is 177 Å². The summed E-state index contributed by atoms with van der Waals surface area (Å²) >= 11 is 0. The lowest BCUT2D eigenvalue weighted by atomic mass is 10.1. The van der Waals surface area contributed by atoms with Crippen LogP contribution in [0.3, 0.4) is 0 Å². The van der Waals surface area contributed by atoms with E-state index in [1.165, 1.54) is 24.6 Å². The molecule has 0 radical (unpaired) electrons. The Morgan fingerprint density at radius 3 is 2.13 bits per heavy atom. The van der Waals surface area contributed by atoms with Crippen LogP contribution in [0.5, 0.6) is 17.2 Å². The lowest BCUT2D eigenvalue weighted by Gasteiger charge is -2.34. The Kier molecular flexibility index (Phi) is 6.52. The summed E-state index contributed by atoms with van der Waals surface area (Å²) in [7, 11) is 0.664. The number of benzene rings is 2. The first-order chi connectivity index (χ1) is 14.3. The number of rotatable bonds is 6. The zero-order valence-electron chi connectivity index (χ0n) is 17.5. The van der Waals surface area contributed by atoms with Gasteiger partial charge in [0.1, 0.15) is 22.1 Å². The minimum atomic E-state index is -3.80. The fraction of sp³-hybridized carbons (Fsp3) is 0.381. The fourth-order valence-corrected chi connectivity index (χ4v) is 4.98. The molecule has 1 fully saturated rings. The summed E-state index contributed by atoms with van der Waals surface area (Å²) < 4.78 is 43.4. The number of hydrogen-bond donors (Lipinski definition) is 0. The number of sulfonamides is 1. The summed E-state index contributed by atoms with van der Waals surface area (Å²) in [5, 5.41) is 0. The van der Waals surface area contributed by atoms with Gasteiger partial charge < -0.3 is 19.1 Å². The molecule has 3 rings (SSSR count). The Morgan fingerprint density at radius 2 is 1.53 bits per heavy atom. The molecule has 8 nitrogen and oxygen atoms in total. The van der Waals surface area contributed by atoms with Crippen LogP contribution in [0.1, 0.15) is 15.9 Å². The third-order valence-electron chi connectivity index (χ3n) is 5.17. The average molecular weight is 435 g/mol. The molecule has 0 N–H and O–H groups in total. The van der Waals surface area contributed by atoms with Crippen LogP contribution in [0.25, 0.3) is 0 Å². The highest BCUT2D eigenvalue weighted by Gasteiger charge is 2.32. The molecule has 1 aliphatic rings. The Bertz CT molecular complexity index is 1030. The zero-order valence-corrected chi connectivity index (χ0v) is 18.4. The van der Waals surface area contributed by atoms with E-state index in [4.69, 9.17) is 14.2 Å². The second-order valence-corrected chi connectivity index (χ2v) is 8.80. The number of aryl methyl sites for hydroxylation is 1. The molecule has 0 spiro atoms.